The quantitative estimate of drug-likeness (QED) is 0.471. The number of aliphatic carboxylic acids is 1. The van der Waals surface area contributed by atoms with Crippen LogP contribution in [0.1, 0.15) is 6.42 Å². The molecule has 0 saturated carbocycles. The van der Waals surface area contributed by atoms with Gasteiger partial charge in [-0.05, 0) is 0 Å². The molecule has 0 aromatic rings. The topological polar surface area (TPSA) is 78.9 Å². The molecule has 1 fully saturated rings. The molecule has 1 amide bonds. The van der Waals surface area contributed by atoms with Gasteiger partial charge in [0.05, 0.1) is 19.2 Å². The van der Waals surface area contributed by atoms with Crippen LogP contribution >= 0.6 is 0 Å². The summed E-state index contributed by atoms with van der Waals surface area (Å²) in [5.74, 6) is 1.07. The highest BCUT2D eigenvalue weighted by Gasteiger charge is 2.39. The number of rotatable bonds is 5. The van der Waals surface area contributed by atoms with Crippen LogP contribution in [-0.2, 0) is 14.3 Å². The number of carbonyl (C=O) groups excluding carboxylic acids is 1. The number of ether oxygens (including phenoxy) is 1. The second-order valence-electron chi connectivity index (χ2n) is 3.80. The first kappa shape index (κ1) is 13.5. The number of terminal acetylenes is 1. The van der Waals surface area contributed by atoms with Crippen LogP contribution in [0.25, 0.3) is 0 Å². The van der Waals surface area contributed by atoms with Gasteiger partial charge in [0.2, 0.25) is 5.91 Å². The van der Waals surface area contributed by atoms with Crippen LogP contribution in [0.3, 0.4) is 0 Å². The second-order valence-corrected chi connectivity index (χ2v) is 3.80. The van der Waals surface area contributed by atoms with Gasteiger partial charge in [-0.2, -0.15) is 0 Å². The number of nitrogens with one attached hydrogen (secondary N) is 1. The number of methoxy groups -OCH3 is 1. The van der Waals surface area contributed by atoms with E-state index in [0.29, 0.717) is 13.0 Å². The minimum absolute atomic E-state index is 0.0460. The Morgan fingerprint density at radius 1 is 1.65 bits per heavy atom. The van der Waals surface area contributed by atoms with Gasteiger partial charge in [-0.25, -0.2) is 4.79 Å². The summed E-state index contributed by atoms with van der Waals surface area (Å²) in [6.45, 7) is 0.638. The Morgan fingerprint density at radius 3 is 2.88 bits per heavy atom. The molecule has 1 rings (SSSR count). The summed E-state index contributed by atoms with van der Waals surface area (Å²) < 4.78 is 5.09. The Hall–Kier alpha value is -1.58. The molecule has 0 aromatic heterocycles. The zero-order valence-electron chi connectivity index (χ0n) is 9.68. The molecule has 2 N–H and O–H groups in total. The molecule has 0 aromatic carbocycles. The fraction of sp³-hybridized carbons (Fsp3) is 0.636. The highest BCUT2D eigenvalue weighted by molar-refractivity contribution is 5.85. The first-order valence-corrected chi connectivity index (χ1v) is 5.29. The van der Waals surface area contributed by atoms with Crippen molar-refractivity contribution >= 4 is 11.9 Å². The maximum atomic E-state index is 11.8. The van der Waals surface area contributed by atoms with E-state index in [1.54, 1.807) is 0 Å². The molecule has 2 unspecified atom stereocenters. The molecule has 0 aliphatic carbocycles. The van der Waals surface area contributed by atoms with E-state index in [1.165, 1.54) is 12.0 Å². The van der Waals surface area contributed by atoms with E-state index in [2.05, 4.69) is 11.2 Å². The number of hydrogen-bond donors (Lipinski definition) is 2. The van der Waals surface area contributed by atoms with Crippen molar-refractivity contribution in [2.45, 2.75) is 18.6 Å². The van der Waals surface area contributed by atoms with Gasteiger partial charge < -0.3 is 14.7 Å². The Bertz CT molecular complexity index is 337. The molecular weight excluding hydrogens is 224 g/mol. The Morgan fingerprint density at radius 2 is 2.35 bits per heavy atom. The van der Waals surface area contributed by atoms with Crippen molar-refractivity contribution in [3.05, 3.63) is 0 Å². The molecule has 94 valence electrons. The van der Waals surface area contributed by atoms with Crippen molar-refractivity contribution < 1.29 is 19.4 Å². The third-order valence-electron chi connectivity index (χ3n) is 2.70. The van der Waals surface area contributed by atoms with Crippen molar-refractivity contribution in [3.8, 4) is 12.3 Å². The Labute approximate surface area is 99.9 Å². The van der Waals surface area contributed by atoms with Gasteiger partial charge in [-0.3, -0.25) is 10.1 Å². The number of hydrogen-bond acceptors (Lipinski definition) is 4. The highest BCUT2D eigenvalue weighted by atomic mass is 16.5. The molecule has 2 atom stereocenters. The summed E-state index contributed by atoms with van der Waals surface area (Å²) in [6, 6.07) is -0.805. The van der Waals surface area contributed by atoms with E-state index in [4.69, 9.17) is 16.3 Å². The fourth-order valence-electron chi connectivity index (χ4n) is 1.82. The lowest BCUT2D eigenvalue weighted by Gasteiger charge is -2.21. The van der Waals surface area contributed by atoms with E-state index < -0.39 is 12.0 Å². The van der Waals surface area contributed by atoms with Crippen molar-refractivity contribution in [3.63, 3.8) is 0 Å². The lowest BCUT2D eigenvalue weighted by atomic mass is 10.2. The number of carboxylic acids is 1. The SMILES string of the molecule is C#CCNCC(=O)N1CC(OC)CC1C(=O)O. The van der Waals surface area contributed by atoms with Crippen LogP contribution in [0.5, 0.6) is 0 Å². The number of carboxylic acid groups (broad SMARTS) is 1. The minimum atomic E-state index is -1.00. The number of nitrogens with zero attached hydrogens (tertiary/aromatic N) is 1. The third-order valence-corrected chi connectivity index (χ3v) is 2.70. The van der Waals surface area contributed by atoms with Crippen LogP contribution in [0, 0.1) is 12.3 Å². The molecule has 0 spiro atoms. The molecule has 1 aliphatic heterocycles. The first-order chi connectivity index (χ1) is 8.10. The summed E-state index contributed by atoms with van der Waals surface area (Å²) in [4.78, 5) is 24.1. The Kier molecular flexibility index (Phi) is 4.94. The van der Waals surface area contributed by atoms with Crippen LogP contribution in [0.15, 0.2) is 0 Å². The summed E-state index contributed by atoms with van der Waals surface area (Å²) in [6.07, 6.45) is 5.15. The summed E-state index contributed by atoms with van der Waals surface area (Å²) in [5, 5.41) is 11.8. The van der Waals surface area contributed by atoms with Gasteiger partial charge in [-0.15, -0.1) is 6.42 Å². The standard InChI is InChI=1S/C11H16N2O4/c1-3-4-12-6-10(14)13-7-8(17-2)5-9(13)11(15)16/h1,8-9,12H,4-7H2,2H3,(H,15,16). The van der Waals surface area contributed by atoms with Gasteiger partial charge in [0.1, 0.15) is 6.04 Å². The predicted octanol–water partition coefficient (Wildman–Crippen LogP) is -1.09. The maximum Gasteiger partial charge on any atom is 0.326 e. The van der Waals surface area contributed by atoms with Gasteiger partial charge in [0.15, 0.2) is 0 Å². The predicted molar refractivity (Wildman–Crippen MR) is 60.3 cm³/mol. The molecular formula is C11H16N2O4. The average molecular weight is 240 g/mol. The average Bonchev–Trinajstić information content (AvgIpc) is 2.73. The zero-order valence-corrected chi connectivity index (χ0v) is 9.68. The number of carbonyl (C=O) groups is 2. The monoisotopic (exact) mass is 240 g/mol. The minimum Gasteiger partial charge on any atom is -0.480 e. The van der Waals surface area contributed by atoms with Crippen molar-refractivity contribution in [1.82, 2.24) is 10.2 Å². The van der Waals surface area contributed by atoms with Crippen LogP contribution in [0.4, 0.5) is 0 Å². The summed E-state index contributed by atoms with van der Waals surface area (Å²) in [7, 11) is 1.51. The van der Waals surface area contributed by atoms with Gasteiger partial charge in [-0.1, -0.05) is 5.92 Å². The summed E-state index contributed by atoms with van der Waals surface area (Å²) in [5.41, 5.74) is 0. The zero-order chi connectivity index (χ0) is 12.8. The maximum absolute atomic E-state index is 11.8. The molecule has 0 bridgehead atoms. The van der Waals surface area contributed by atoms with Crippen molar-refractivity contribution in [1.29, 1.82) is 0 Å². The number of likely N-dealkylation sites (tertiary alicyclic amines) is 1. The van der Waals surface area contributed by atoms with Gasteiger partial charge in [0, 0.05) is 20.1 Å². The molecule has 1 saturated heterocycles. The molecule has 17 heavy (non-hydrogen) atoms. The van der Waals surface area contributed by atoms with E-state index in [9.17, 15) is 9.59 Å². The molecule has 6 nitrogen and oxygen atoms in total. The molecule has 0 radical (unpaired) electrons. The van der Waals surface area contributed by atoms with E-state index in [0.717, 1.165) is 0 Å². The molecule has 1 aliphatic rings. The Balaban J connectivity index is 2.57. The third kappa shape index (κ3) is 3.44. The van der Waals surface area contributed by atoms with E-state index >= 15 is 0 Å². The van der Waals surface area contributed by atoms with Crippen molar-refractivity contribution in [2.75, 3.05) is 26.7 Å². The van der Waals surface area contributed by atoms with Gasteiger partial charge in [0.25, 0.3) is 0 Å². The lowest BCUT2D eigenvalue weighted by molar-refractivity contribution is -0.147. The van der Waals surface area contributed by atoms with Crippen LogP contribution < -0.4 is 5.32 Å². The van der Waals surface area contributed by atoms with Crippen LogP contribution in [0.2, 0.25) is 0 Å². The molecule has 6 heteroatoms. The number of amides is 1. The van der Waals surface area contributed by atoms with Gasteiger partial charge >= 0.3 is 5.97 Å². The van der Waals surface area contributed by atoms with E-state index in [1.807, 2.05) is 0 Å². The van der Waals surface area contributed by atoms with Crippen molar-refractivity contribution in [2.24, 2.45) is 0 Å². The largest absolute Gasteiger partial charge is 0.480 e. The lowest BCUT2D eigenvalue weighted by Crippen LogP contribution is -2.44. The normalized spacial score (nSPS) is 23.4. The first-order valence-electron chi connectivity index (χ1n) is 5.29. The molecule has 1 heterocycles. The van der Waals surface area contributed by atoms with Crippen LogP contribution in [-0.4, -0.2) is 60.8 Å². The van der Waals surface area contributed by atoms with E-state index in [-0.39, 0.29) is 25.1 Å². The fourth-order valence-corrected chi connectivity index (χ4v) is 1.82. The highest BCUT2D eigenvalue weighted by Crippen LogP contribution is 2.20. The smallest absolute Gasteiger partial charge is 0.326 e. The second kappa shape index (κ2) is 6.23. The summed E-state index contributed by atoms with van der Waals surface area (Å²) >= 11 is 0.